The Bertz CT molecular complexity index is 1540. The van der Waals surface area contributed by atoms with E-state index in [0.29, 0.717) is 33.8 Å². The average molecular weight is 453 g/mol. The molecule has 0 fully saturated rings. The van der Waals surface area contributed by atoms with E-state index in [2.05, 4.69) is 30.9 Å². The highest BCUT2D eigenvalue weighted by molar-refractivity contribution is 5.85. The Morgan fingerprint density at radius 1 is 1.03 bits per heavy atom. The Hall–Kier alpha value is -4.33. The van der Waals surface area contributed by atoms with Crippen LogP contribution < -0.4 is 10.7 Å². The number of tetrazole rings is 1. The van der Waals surface area contributed by atoms with E-state index in [1.165, 1.54) is 0 Å². The maximum absolute atomic E-state index is 13.3. The van der Waals surface area contributed by atoms with Crippen molar-refractivity contribution in [2.24, 2.45) is 0 Å². The van der Waals surface area contributed by atoms with E-state index in [-0.39, 0.29) is 11.5 Å². The molecule has 8 nitrogen and oxygen atoms in total. The minimum absolute atomic E-state index is 0.0262. The van der Waals surface area contributed by atoms with E-state index in [1.54, 1.807) is 0 Å². The predicted octanol–water partition coefficient (Wildman–Crippen LogP) is 5.13. The smallest absolute Gasteiger partial charge is 0.225 e. The molecule has 5 rings (SSSR count). The molecule has 3 heterocycles. The molecule has 0 saturated heterocycles. The molecule has 3 aromatic heterocycles. The number of hydrogen-bond acceptors (Lipinski definition) is 7. The number of fused-ring (bicyclic) bond motifs is 1. The summed E-state index contributed by atoms with van der Waals surface area (Å²) in [5.74, 6) is 0.987. The van der Waals surface area contributed by atoms with Gasteiger partial charge in [-0.1, -0.05) is 36.4 Å². The fraction of sp³-hybridized carbons (Fsp3) is 0.192. The molecular formula is C26H24N6O2. The number of benzene rings is 2. The van der Waals surface area contributed by atoms with Crippen LogP contribution in [0.5, 0.6) is 0 Å². The van der Waals surface area contributed by atoms with Gasteiger partial charge in [0.25, 0.3) is 0 Å². The molecule has 0 saturated carbocycles. The van der Waals surface area contributed by atoms with Crippen molar-refractivity contribution in [2.75, 3.05) is 5.32 Å². The first kappa shape index (κ1) is 21.5. The highest BCUT2D eigenvalue weighted by Gasteiger charge is 2.20. The summed E-state index contributed by atoms with van der Waals surface area (Å²) in [6.45, 7) is 7.73. The van der Waals surface area contributed by atoms with E-state index in [0.717, 1.165) is 28.1 Å². The molecule has 170 valence electrons. The normalized spacial score (nSPS) is 12.1. The van der Waals surface area contributed by atoms with Gasteiger partial charge in [0.15, 0.2) is 5.43 Å². The van der Waals surface area contributed by atoms with E-state index < -0.39 is 0 Å². The van der Waals surface area contributed by atoms with Crippen LogP contribution in [0, 0.1) is 20.8 Å². The van der Waals surface area contributed by atoms with Gasteiger partial charge in [0.05, 0.1) is 17.1 Å². The van der Waals surface area contributed by atoms with Gasteiger partial charge in [-0.15, -0.1) is 10.2 Å². The van der Waals surface area contributed by atoms with Crippen LogP contribution in [0.2, 0.25) is 0 Å². The molecule has 0 radical (unpaired) electrons. The maximum atomic E-state index is 13.3. The predicted molar refractivity (Wildman–Crippen MR) is 132 cm³/mol. The number of rotatable bonds is 5. The lowest BCUT2D eigenvalue weighted by molar-refractivity contribution is 0.605. The monoisotopic (exact) mass is 452 g/mol. The third-order valence-electron chi connectivity index (χ3n) is 5.86. The highest BCUT2D eigenvalue weighted by atomic mass is 16.3. The summed E-state index contributed by atoms with van der Waals surface area (Å²) in [5, 5.41) is 18.4. The number of anilines is 1. The van der Waals surface area contributed by atoms with Gasteiger partial charge in [0, 0.05) is 22.4 Å². The largest absolute Gasteiger partial charge is 0.455 e. The van der Waals surface area contributed by atoms with Crippen LogP contribution in [0.1, 0.15) is 35.3 Å². The summed E-state index contributed by atoms with van der Waals surface area (Å²) in [6.07, 6.45) is 0. The lowest BCUT2D eigenvalue weighted by Crippen LogP contribution is -2.13. The molecule has 0 amide bonds. The average Bonchev–Trinajstić information content (AvgIpc) is 3.38. The zero-order valence-electron chi connectivity index (χ0n) is 19.4. The molecule has 2 N–H and O–H groups in total. The second kappa shape index (κ2) is 8.55. The van der Waals surface area contributed by atoms with Gasteiger partial charge in [-0.05, 0) is 56.7 Å². The van der Waals surface area contributed by atoms with Crippen LogP contribution >= 0.6 is 0 Å². The molecule has 8 heteroatoms. The Morgan fingerprint density at radius 2 is 1.82 bits per heavy atom. The SMILES string of the molecule is Cc1cc(C(C)Nc2ccc(C)nc2-c2nn[nH]n2)c2oc(-c3ccccc3)c(C)c(=O)c2c1. The van der Waals surface area contributed by atoms with Crippen LogP contribution in [-0.4, -0.2) is 25.6 Å². The summed E-state index contributed by atoms with van der Waals surface area (Å²) in [4.78, 5) is 17.9. The number of H-pyrrole nitrogens is 1. The van der Waals surface area contributed by atoms with E-state index in [1.807, 2.05) is 82.3 Å². The molecular weight excluding hydrogens is 428 g/mol. The Labute approximate surface area is 196 Å². The number of aryl methyl sites for hydroxylation is 2. The highest BCUT2D eigenvalue weighted by Crippen LogP contribution is 2.33. The number of aromatic nitrogens is 5. The molecule has 0 aliphatic carbocycles. The minimum Gasteiger partial charge on any atom is -0.455 e. The fourth-order valence-corrected chi connectivity index (χ4v) is 4.17. The molecule has 34 heavy (non-hydrogen) atoms. The Kier molecular flexibility index (Phi) is 5.41. The van der Waals surface area contributed by atoms with Crippen molar-refractivity contribution in [1.29, 1.82) is 0 Å². The van der Waals surface area contributed by atoms with Crippen molar-refractivity contribution in [3.8, 4) is 22.8 Å². The second-order valence-electron chi connectivity index (χ2n) is 8.43. The first-order valence-corrected chi connectivity index (χ1v) is 11.0. The summed E-state index contributed by atoms with van der Waals surface area (Å²) >= 11 is 0. The van der Waals surface area contributed by atoms with Crippen LogP contribution in [-0.2, 0) is 0 Å². The van der Waals surface area contributed by atoms with Gasteiger partial charge >= 0.3 is 0 Å². The lowest BCUT2D eigenvalue weighted by atomic mass is 9.98. The van der Waals surface area contributed by atoms with Crippen LogP contribution in [0.3, 0.4) is 0 Å². The number of nitrogens with zero attached hydrogens (tertiary/aromatic N) is 4. The summed E-state index contributed by atoms with van der Waals surface area (Å²) in [6, 6.07) is 17.3. The van der Waals surface area contributed by atoms with Gasteiger partial charge in [0.1, 0.15) is 17.0 Å². The van der Waals surface area contributed by atoms with Gasteiger partial charge in [0.2, 0.25) is 5.82 Å². The van der Waals surface area contributed by atoms with E-state index in [4.69, 9.17) is 4.42 Å². The molecule has 2 aromatic carbocycles. The first-order chi connectivity index (χ1) is 16.4. The van der Waals surface area contributed by atoms with Crippen LogP contribution in [0.4, 0.5) is 5.69 Å². The van der Waals surface area contributed by atoms with Crippen molar-refractivity contribution < 1.29 is 4.42 Å². The topological polar surface area (TPSA) is 110 Å². The third kappa shape index (κ3) is 3.83. The van der Waals surface area contributed by atoms with Crippen LogP contribution in [0.15, 0.2) is 63.8 Å². The van der Waals surface area contributed by atoms with Crippen molar-refractivity contribution in [1.82, 2.24) is 25.6 Å². The minimum atomic E-state index is -0.202. The summed E-state index contributed by atoms with van der Waals surface area (Å²) < 4.78 is 6.43. The Balaban J connectivity index is 1.65. The zero-order valence-corrected chi connectivity index (χ0v) is 19.4. The maximum Gasteiger partial charge on any atom is 0.225 e. The molecule has 0 aliphatic rings. The van der Waals surface area contributed by atoms with Crippen molar-refractivity contribution in [3.05, 3.63) is 87.2 Å². The Morgan fingerprint density at radius 3 is 2.56 bits per heavy atom. The van der Waals surface area contributed by atoms with E-state index in [9.17, 15) is 4.79 Å². The lowest BCUT2D eigenvalue weighted by Gasteiger charge is -2.20. The summed E-state index contributed by atoms with van der Waals surface area (Å²) in [5.41, 5.74) is 6.06. The third-order valence-corrected chi connectivity index (χ3v) is 5.86. The van der Waals surface area contributed by atoms with Gasteiger partial charge in [-0.3, -0.25) is 4.79 Å². The number of hydrogen-bond donors (Lipinski definition) is 2. The number of pyridine rings is 1. The zero-order chi connectivity index (χ0) is 23.8. The van der Waals surface area contributed by atoms with E-state index >= 15 is 0 Å². The first-order valence-electron chi connectivity index (χ1n) is 11.0. The van der Waals surface area contributed by atoms with Crippen molar-refractivity contribution in [3.63, 3.8) is 0 Å². The van der Waals surface area contributed by atoms with Crippen molar-refractivity contribution in [2.45, 2.75) is 33.7 Å². The molecule has 0 bridgehead atoms. The number of nitrogens with one attached hydrogen (secondary N) is 2. The van der Waals surface area contributed by atoms with Gasteiger partial charge in [-0.25, -0.2) is 4.98 Å². The van der Waals surface area contributed by atoms with Gasteiger partial charge in [-0.2, -0.15) is 5.21 Å². The quantitative estimate of drug-likeness (QED) is 0.380. The molecule has 0 spiro atoms. The van der Waals surface area contributed by atoms with Crippen molar-refractivity contribution >= 4 is 16.7 Å². The standard InChI is InChI=1S/C26H24N6O2/c1-14-12-19(17(4)28-21-11-10-15(2)27-22(21)26-29-31-32-30-26)25-20(13-14)23(33)16(3)24(34-25)18-8-6-5-7-9-18/h5-13,17,28H,1-4H3,(H,29,30,31,32). The fourth-order valence-electron chi connectivity index (χ4n) is 4.17. The second-order valence-corrected chi connectivity index (χ2v) is 8.43. The molecule has 1 atom stereocenters. The molecule has 1 unspecified atom stereocenters. The number of aromatic amines is 1. The summed E-state index contributed by atoms with van der Waals surface area (Å²) in [7, 11) is 0. The molecule has 0 aliphatic heterocycles. The molecule has 5 aromatic rings. The van der Waals surface area contributed by atoms with Crippen LogP contribution in [0.25, 0.3) is 33.8 Å². The van der Waals surface area contributed by atoms with Gasteiger partial charge < -0.3 is 9.73 Å².